The van der Waals surface area contributed by atoms with Gasteiger partial charge in [0, 0.05) is 23.9 Å². The first-order valence-corrected chi connectivity index (χ1v) is 9.74. The number of hydrogen-bond donors (Lipinski definition) is 2. The summed E-state index contributed by atoms with van der Waals surface area (Å²) in [5, 5.41) is 7.55. The Morgan fingerprint density at radius 1 is 1.18 bits per heavy atom. The molecule has 1 aliphatic heterocycles. The van der Waals surface area contributed by atoms with Crippen molar-refractivity contribution in [3.63, 3.8) is 0 Å². The van der Waals surface area contributed by atoms with Crippen LogP contribution in [-0.4, -0.2) is 41.3 Å². The molecule has 0 aromatic heterocycles. The predicted octanol–water partition coefficient (Wildman–Crippen LogP) is 3.55. The van der Waals surface area contributed by atoms with E-state index in [0.29, 0.717) is 23.3 Å². The number of carbonyl (C=O) groups excluding carboxylic acids is 1. The normalized spacial score (nSPS) is 32.7. The molecule has 0 radical (unpaired) electrons. The van der Waals surface area contributed by atoms with E-state index in [9.17, 15) is 4.79 Å². The topological polar surface area (TPSA) is 50.4 Å². The van der Waals surface area contributed by atoms with Crippen molar-refractivity contribution in [2.75, 3.05) is 12.3 Å². The molecule has 22 heavy (non-hydrogen) atoms. The van der Waals surface area contributed by atoms with Crippen LogP contribution in [-0.2, 0) is 4.74 Å². The van der Waals surface area contributed by atoms with Crippen molar-refractivity contribution in [2.24, 2.45) is 5.92 Å². The van der Waals surface area contributed by atoms with Crippen LogP contribution in [0.1, 0.15) is 59.8 Å². The van der Waals surface area contributed by atoms with Gasteiger partial charge in [-0.2, -0.15) is 11.8 Å². The third-order valence-corrected chi connectivity index (χ3v) is 5.95. The minimum atomic E-state index is -0.426. The number of amides is 1. The molecule has 2 N–H and O–H groups in total. The molecule has 1 amide bonds. The van der Waals surface area contributed by atoms with E-state index in [0.717, 1.165) is 6.54 Å². The van der Waals surface area contributed by atoms with Crippen molar-refractivity contribution in [3.05, 3.63) is 0 Å². The Hall–Kier alpha value is -0.420. The largest absolute Gasteiger partial charge is 0.444 e. The fourth-order valence-corrected chi connectivity index (χ4v) is 4.63. The number of ether oxygens (including phenoxy) is 1. The molecule has 0 bridgehead atoms. The highest BCUT2D eigenvalue weighted by atomic mass is 32.2. The van der Waals surface area contributed by atoms with Crippen LogP contribution in [0.5, 0.6) is 0 Å². The average molecular weight is 329 g/mol. The lowest BCUT2D eigenvalue weighted by Crippen LogP contribution is -2.49. The summed E-state index contributed by atoms with van der Waals surface area (Å²) >= 11 is 2.07. The second-order valence-electron chi connectivity index (χ2n) is 7.67. The van der Waals surface area contributed by atoms with E-state index in [-0.39, 0.29) is 6.09 Å². The Labute approximate surface area is 139 Å². The summed E-state index contributed by atoms with van der Waals surface area (Å²) in [5.74, 6) is 1.80. The van der Waals surface area contributed by atoms with Crippen molar-refractivity contribution in [3.8, 4) is 0 Å². The molecule has 1 saturated carbocycles. The van der Waals surface area contributed by atoms with E-state index in [2.05, 4.69) is 29.3 Å². The molecule has 0 spiro atoms. The number of hydrogen-bond acceptors (Lipinski definition) is 4. The van der Waals surface area contributed by atoms with E-state index in [4.69, 9.17) is 4.74 Å². The lowest BCUT2D eigenvalue weighted by atomic mass is 9.83. The zero-order valence-corrected chi connectivity index (χ0v) is 15.3. The Bertz CT molecular complexity index is 370. The van der Waals surface area contributed by atoms with Crippen LogP contribution in [0.2, 0.25) is 0 Å². The van der Waals surface area contributed by atoms with Gasteiger partial charge in [-0.1, -0.05) is 19.8 Å². The van der Waals surface area contributed by atoms with Crippen LogP contribution < -0.4 is 10.6 Å². The van der Waals surface area contributed by atoms with Crippen LogP contribution in [0.25, 0.3) is 0 Å². The fraction of sp³-hybridized carbons (Fsp3) is 0.941. The lowest BCUT2D eigenvalue weighted by Gasteiger charge is -2.35. The number of rotatable bonds is 4. The highest BCUT2D eigenvalue weighted by Gasteiger charge is 2.31. The van der Waals surface area contributed by atoms with Crippen LogP contribution in [0.3, 0.4) is 0 Å². The third kappa shape index (κ3) is 5.65. The quantitative estimate of drug-likeness (QED) is 0.828. The third-order valence-electron chi connectivity index (χ3n) is 4.62. The minimum Gasteiger partial charge on any atom is -0.444 e. The molecule has 0 aromatic rings. The van der Waals surface area contributed by atoms with Crippen LogP contribution in [0.15, 0.2) is 0 Å². The predicted molar refractivity (Wildman–Crippen MR) is 93.4 cm³/mol. The molecule has 2 aliphatic rings. The zero-order chi connectivity index (χ0) is 16.2. The van der Waals surface area contributed by atoms with Crippen molar-refractivity contribution >= 4 is 17.9 Å². The van der Waals surface area contributed by atoms with Gasteiger partial charge in [-0.05, 0) is 51.7 Å². The van der Waals surface area contributed by atoms with Gasteiger partial charge < -0.3 is 15.4 Å². The van der Waals surface area contributed by atoms with Crippen LogP contribution in [0, 0.1) is 5.92 Å². The molecule has 4 unspecified atom stereocenters. The van der Waals surface area contributed by atoms with Gasteiger partial charge in [0.1, 0.15) is 5.60 Å². The molecule has 0 aromatic carbocycles. The molecule has 4 atom stereocenters. The van der Waals surface area contributed by atoms with Gasteiger partial charge in [-0.25, -0.2) is 4.79 Å². The van der Waals surface area contributed by atoms with Crippen LogP contribution >= 0.6 is 11.8 Å². The standard InChI is InChI=1S/C17H32N2O2S/c1-12-14(9-10-22-12)19-15-8-6-5-7-13(15)11-18-16(20)21-17(2,3)4/h12-15,19H,5-11H2,1-4H3,(H,18,20). The first kappa shape index (κ1) is 17.9. The SMILES string of the molecule is CC1SCCC1NC1CCCCC1CNC(=O)OC(C)(C)C. The Morgan fingerprint density at radius 3 is 2.55 bits per heavy atom. The molecule has 1 heterocycles. The first-order chi connectivity index (χ1) is 10.3. The van der Waals surface area contributed by atoms with E-state index in [1.54, 1.807) is 0 Å². The Balaban J connectivity index is 1.80. The summed E-state index contributed by atoms with van der Waals surface area (Å²) in [5.41, 5.74) is -0.426. The Kier molecular flexibility index (Phi) is 6.45. The molecular formula is C17H32N2O2S. The molecule has 2 rings (SSSR count). The second-order valence-corrected chi connectivity index (χ2v) is 9.16. The number of thioether (sulfide) groups is 1. The molecule has 1 aliphatic carbocycles. The molecule has 4 nitrogen and oxygen atoms in total. The van der Waals surface area contributed by atoms with E-state index < -0.39 is 5.60 Å². The van der Waals surface area contributed by atoms with Gasteiger partial charge in [0.25, 0.3) is 0 Å². The van der Waals surface area contributed by atoms with Gasteiger partial charge in [-0.15, -0.1) is 0 Å². The number of carbonyl (C=O) groups is 1. The number of nitrogens with one attached hydrogen (secondary N) is 2. The average Bonchev–Trinajstić information content (AvgIpc) is 2.81. The van der Waals surface area contributed by atoms with Gasteiger partial charge in [0.2, 0.25) is 0 Å². The van der Waals surface area contributed by atoms with Gasteiger partial charge in [-0.3, -0.25) is 0 Å². The molecule has 2 fully saturated rings. The molecule has 5 heteroatoms. The fourth-order valence-electron chi connectivity index (χ4n) is 3.43. The maximum atomic E-state index is 11.8. The summed E-state index contributed by atoms with van der Waals surface area (Å²) in [6.45, 7) is 8.75. The van der Waals surface area contributed by atoms with Crippen molar-refractivity contribution < 1.29 is 9.53 Å². The van der Waals surface area contributed by atoms with E-state index in [1.807, 2.05) is 20.8 Å². The smallest absolute Gasteiger partial charge is 0.407 e. The zero-order valence-electron chi connectivity index (χ0n) is 14.5. The molecular weight excluding hydrogens is 296 g/mol. The first-order valence-electron chi connectivity index (χ1n) is 8.69. The van der Waals surface area contributed by atoms with Crippen molar-refractivity contribution in [2.45, 2.75) is 82.7 Å². The maximum Gasteiger partial charge on any atom is 0.407 e. The minimum absolute atomic E-state index is 0.290. The maximum absolute atomic E-state index is 11.8. The van der Waals surface area contributed by atoms with Crippen LogP contribution in [0.4, 0.5) is 4.79 Å². The summed E-state index contributed by atoms with van der Waals surface area (Å²) in [7, 11) is 0. The molecule has 128 valence electrons. The van der Waals surface area contributed by atoms with Crippen molar-refractivity contribution in [1.29, 1.82) is 0 Å². The summed E-state index contributed by atoms with van der Waals surface area (Å²) < 4.78 is 5.34. The highest BCUT2D eigenvalue weighted by molar-refractivity contribution is 8.00. The monoisotopic (exact) mass is 328 g/mol. The van der Waals surface area contributed by atoms with E-state index >= 15 is 0 Å². The second kappa shape index (κ2) is 7.91. The highest BCUT2D eigenvalue weighted by Crippen LogP contribution is 2.30. The number of alkyl carbamates (subject to hydrolysis) is 1. The summed E-state index contributed by atoms with van der Waals surface area (Å²) in [6, 6.07) is 1.17. The van der Waals surface area contributed by atoms with Crippen molar-refractivity contribution in [1.82, 2.24) is 10.6 Å². The van der Waals surface area contributed by atoms with E-state index in [1.165, 1.54) is 37.9 Å². The Morgan fingerprint density at radius 2 is 1.91 bits per heavy atom. The van der Waals surface area contributed by atoms with Gasteiger partial charge in [0.15, 0.2) is 0 Å². The summed E-state index contributed by atoms with van der Waals surface area (Å²) in [6.07, 6.45) is 5.98. The van der Waals surface area contributed by atoms with Gasteiger partial charge >= 0.3 is 6.09 Å². The summed E-state index contributed by atoms with van der Waals surface area (Å²) in [4.78, 5) is 11.8. The van der Waals surface area contributed by atoms with Gasteiger partial charge in [0.05, 0.1) is 0 Å². The lowest BCUT2D eigenvalue weighted by molar-refractivity contribution is 0.0510. The molecule has 1 saturated heterocycles.